The Balaban J connectivity index is 1.67. The van der Waals surface area contributed by atoms with Crippen LogP contribution in [0.4, 0.5) is 0 Å². The fourth-order valence-electron chi connectivity index (χ4n) is 6.62. The van der Waals surface area contributed by atoms with E-state index in [0.717, 1.165) is 32.1 Å². The minimum Gasteiger partial charge on any atom is -0.433 e. The van der Waals surface area contributed by atoms with Gasteiger partial charge in [-0.2, -0.15) is 0 Å². The van der Waals surface area contributed by atoms with E-state index in [9.17, 15) is 15.0 Å². The van der Waals surface area contributed by atoms with E-state index in [1.54, 1.807) is 0 Å². The lowest BCUT2D eigenvalue weighted by Crippen LogP contribution is -2.55. The van der Waals surface area contributed by atoms with Gasteiger partial charge in [-0.15, -0.1) is 0 Å². The summed E-state index contributed by atoms with van der Waals surface area (Å²) in [5, 5.41) is 21.1. The fraction of sp³-hybridized carbons (Fsp3) is 0.762. The first-order valence-electron chi connectivity index (χ1n) is 9.68. The number of fused-ring (bicyclic) bond motifs is 5. The van der Waals surface area contributed by atoms with E-state index < -0.39 is 11.8 Å². The molecule has 0 aromatic rings. The molecule has 0 spiro atoms. The monoisotopic (exact) mass is 346 g/mol. The average Bonchev–Trinajstić information content (AvgIpc) is 2.79. The largest absolute Gasteiger partial charge is 0.433 e. The summed E-state index contributed by atoms with van der Waals surface area (Å²) in [6.45, 7) is 5.81. The second-order valence-corrected chi connectivity index (χ2v) is 9.13. The molecule has 4 nitrogen and oxygen atoms in total. The predicted octanol–water partition coefficient (Wildman–Crippen LogP) is 3.34. The highest BCUT2D eigenvalue weighted by Gasteiger charge is 2.65. The van der Waals surface area contributed by atoms with Crippen LogP contribution in [0.1, 0.15) is 59.3 Å². The Bertz CT molecular complexity index is 652. The minimum atomic E-state index is -1.32. The Hall–Kier alpha value is -1.13. The molecule has 7 atom stereocenters. The van der Waals surface area contributed by atoms with Crippen LogP contribution in [0.5, 0.6) is 0 Å². The number of carbonyl (C=O) groups excluding carboxylic acids is 1. The van der Waals surface area contributed by atoms with Crippen molar-refractivity contribution in [2.45, 2.75) is 71.2 Å². The lowest BCUT2D eigenvalue weighted by atomic mass is 9.49. The summed E-state index contributed by atoms with van der Waals surface area (Å²) in [5.41, 5.74) is 1.03. The molecule has 0 unspecified atom stereocenters. The van der Waals surface area contributed by atoms with Gasteiger partial charge in [0, 0.05) is 24.2 Å². The third-order valence-electron chi connectivity index (χ3n) is 8.02. The third-order valence-corrected chi connectivity index (χ3v) is 8.02. The zero-order valence-electron chi connectivity index (χ0n) is 15.5. The molecule has 4 aliphatic carbocycles. The number of esters is 1. The van der Waals surface area contributed by atoms with Crippen LogP contribution < -0.4 is 0 Å². The van der Waals surface area contributed by atoms with Crippen molar-refractivity contribution in [1.29, 1.82) is 0 Å². The normalized spacial score (nSPS) is 51.2. The van der Waals surface area contributed by atoms with Crippen LogP contribution in [0.15, 0.2) is 23.8 Å². The zero-order valence-corrected chi connectivity index (χ0v) is 15.5. The molecular weight excluding hydrogens is 316 g/mol. The van der Waals surface area contributed by atoms with Crippen LogP contribution in [0.2, 0.25) is 0 Å². The highest BCUT2D eigenvalue weighted by atomic mass is 16.7. The number of hydrogen-bond donors (Lipinski definition) is 2. The van der Waals surface area contributed by atoms with Crippen LogP contribution in [0.25, 0.3) is 0 Å². The van der Waals surface area contributed by atoms with E-state index in [-0.39, 0.29) is 16.9 Å². The first-order valence-corrected chi connectivity index (χ1v) is 9.68. The fourth-order valence-corrected chi connectivity index (χ4v) is 6.62. The second-order valence-electron chi connectivity index (χ2n) is 9.13. The number of hydrogen-bond acceptors (Lipinski definition) is 4. The van der Waals surface area contributed by atoms with Gasteiger partial charge in [0.1, 0.15) is 0 Å². The summed E-state index contributed by atoms with van der Waals surface area (Å²) >= 11 is 0. The van der Waals surface area contributed by atoms with E-state index in [4.69, 9.17) is 4.74 Å². The molecular formula is C21H30O4. The Kier molecular flexibility index (Phi) is 3.76. The summed E-state index contributed by atoms with van der Waals surface area (Å²) in [6, 6.07) is 0. The molecule has 0 heterocycles. The number of rotatable bonds is 1. The maximum Gasteiger partial charge on any atom is 0.305 e. The molecule has 0 aromatic carbocycles. The predicted molar refractivity (Wildman–Crippen MR) is 94.3 cm³/mol. The van der Waals surface area contributed by atoms with E-state index in [2.05, 4.69) is 26.0 Å². The molecule has 2 fully saturated rings. The van der Waals surface area contributed by atoms with Crippen LogP contribution in [-0.4, -0.2) is 28.1 Å². The lowest BCUT2D eigenvalue weighted by molar-refractivity contribution is -0.261. The van der Waals surface area contributed by atoms with E-state index in [1.807, 2.05) is 6.08 Å². The van der Waals surface area contributed by atoms with Gasteiger partial charge in [0.2, 0.25) is 5.79 Å². The van der Waals surface area contributed by atoms with Gasteiger partial charge < -0.3 is 14.9 Å². The van der Waals surface area contributed by atoms with Crippen molar-refractivity contribution in [2.75, 3.05) is 0 Å². The molecule has 0 aromatic heterocycles. The van der Waals surface area contributed by atoms with Crippen LogP contribution in [0.3, 0.4) is 0 Å². The van der Waals surface area contributed by atoms with E-state index in [1.165, 1.54) is 12.5 Å². The molecule has 138 valence electrons. The van der Waals surface area contributed by atoms with Crippen molar-refractivity contribution in [3.8, 4) is 0 Å². The van der Waals surface area contributed by atoms with Gasteiger partial charge in [0.25, 0.3) is 0 Å². The van der Waals surface area contributed by atoms with Gasteiger partial charge in [0.05, 0.1) is 6.10 Å². The molecule has 0 bridgehead atoms. The Morgan fingerprint density at radius 2 is 1.96 bits per heavy atom. The molecule has 0 saturated heterocycles. The Morgan fingerprint density at radius 3 is 2.68 bits per heavy atom. The van der Waals surface area contributed by atoms with Crippen LogP contribution >= 0.6 is 0 Å². The first-order chi connectivity index (χ1) is 11.7. The zero-order chi connectivity index (χ0) is 18.0. The molecule has 4 aliphatic rings. The third kappa shape index (κ3) is 2.30. The van der Waals surface area contributed by atoms with Crippen molar-refractivity contribution in [1.82, 2.24) is 0 Å². The Labute approximate surface area is 149 Å². The highest BCUT2D eigenvalue weighted by Crippen LogP contribution is 2.66. The van der Waals surface area contributed by atoms with Crippen LogP contribution in [-0.2, 0) is 9.53 Å². The maximum absolute atomic E-state index is 11.5. The van der Waals surface area contributed by atoms with E-state index in [0.29, 0.717) is 24.2 Å². The van der Waals surface area contributed by atoms with Crippen molar-refractivity contribution in [3.05, 3.63) is 23.8 Å². The summed E-state index contributed by atoms with van der Waals surface area (Å²) in [4.78, 5) is 11.5. The maximum atomic E-state index is 11.5. The smallest absolute Gasteiger partial charge is 0.305 e. The van der Waals surface area contributed by atoms with Crippen molar-refractivity contribution < 1.29 is 19.7 Å². The Morgan fingerprint density at radius 1 is 1.24 bits per heavy atom. The van der Waals surface area contributed by atoms with Crippen LogP contribution in [0, 0.1) is 28.6 Å². The molecule has 2 N–H and O–H groups in total. The second kappa shape index (κ2) is 5.43. The number of carbonyl (C=O) groups is 1. The molecule has 0 amide bonds. The molecule has 0 aliphatic heterocycles. The number of aliphatic hydroxyl groups is 2. The summed E-state index contributed by atoms with van der Waals surface area (Å²) < 4.78 is 5.45. The van der Waals surface area contributed by atoms with E-state index >= 15 is 0 Å². The SMILES string of the molecule is CC(=O)O[C@]1(O)CC[C@H]2[C@@H]3CC=C4C[C@@H](O)C=C[C@]4(C)[C@H]3CC[C@@]21C. The topological polar surface area (TPSA) is 66.8 Å². The number of ether oxygens (including phenoxy) is 1. The van der Waals surface area contributed by atoms with Gasteiger partial charge >= 0.3 is 5.97 Å². The van der Waals surface area contributed by atoms with Gasteiger partial charge in [-0.3, -0.25) is 4.79 Å². The van der Waals surface area contributed by atoms with Gasteiger partial charge in [-0.1, -0.05) is 37.6 Å². The highest BCUT2D eigenvalue weighted by molar-refractivity contribution is 5.66. The summed E-state index contributed by atoms with van der Waals surface area (Å²) in [6.07, 6.45) is 11.3. The lowest BCUT2D eigenvalue weighted by Gasteiger charge is -2.57. The van der Waals surface area contributed by atoms with Crippen molar-refractivity contribution >= 4 is 5.97 Å². The first kappa shape index (κ1) is 17.3. The number of allylic oxidation sites excluding steroid dienone is 2. The molecule has 25 heavy (non-hydrogen) atoms. The minimum absolute atomic E-state index is 0.0195. The van der Waals surface area contributed by atoms with Gasteiger partial charge in [0.15, 0.2) is 0 Å². The molecule has 4 heteroatoms. The average molecular weight is 346 g/mol. The molecule has 0 radical (unpaired) electrons. The summed E-state index contributed by atoms with van der Waals surface area (Å²) in [5.74, 6) is -0.317. The van der Waals surface area contributed by atoms with Gasteiger partial charge in [-0.05, 0) is 49.9 Å². The standard InChI is InChI=1S/C21H30O4/c1-13(22)25-21(24)11-8-18-16-5-4-14-12-15(23)6-9-19(14,2)17(16)7-10-20(18,21)3/h4,6,9,15-18,23-24H,5,7-8,10-12H2,1-3H3/t15-,16+,17-,18-,19-,20-,21+/m0/s1. The molecule has 2 saturated carbocycles. The molecule has 4 rings (SSSR count). The quantitative estimate of drug-likeness (QED) is 0.434. The van der Waals surface area contributed by atoms with Crippen molar-refractivity contribution in [3.63, 3.8) is 0 Å². The summed E-state index contributed by atoms with van der Waals surface area (Å²) in [7, 11) is 0. The van der Waals surface area contributed by atoms with Gasteiger partial charge in [-0.25, -0.2) is 0 Å². The number of aliphatic hydroxyl groups excluding tert-OH is 1. The van der Waals surface area contributed by atoms with Crippen molar-refractivity contribution in [2.24, 2.45) is 28.6 Å².